The number of ether oxygens (including phenoxy) is 1. The SMILES string of the molecule is CC(=CC(=O)NC(C)(CNC(=O)OC(C)(C)C)C1CC1)CCc1ccccc1. The number of hydrogen-bond donors (Lipinski definition) is 2. The molecule has 1 aliphatic carbocycles. The van der Waals surface area contributed by atoms with E-state index in [4.69, 9.17) is 4.74 Å². The van der Waals surface area contributed by atoms with Crippen molar-refractivity contribution < 1.29 is 14.3 Å². The summed E-state index contributed by atoms with van der Waals surface area (Å²) in [6.07, 6.45) is 5.09. The summed E-state index contributed by atoms with van der Waals surface area (Å²) < 4.78 is 5.30. The van der Waals surface area contributed by atoms with Crippen molar-refractivity contribution in [1.82, 2.24) is 10.6 Å². The molecule has 5 heteroatoms. The van der Waals surface area contributed by atoms with E-state index >= 15 is 0 Å². The van der Waals surface area contributed by atoms with Gasteiger partial charge in [-0.3, -0.25) is 4.79 Å². The lowest BCUT2D eigenvalue weighted by molar-refractivity contribution is -0.118. The van der Waals surface area contributed by atoms with E-state index in [9.17, 15) is 9.59 Å². The Labute approximate surface area is 168 Å². The van der Waals surface area contributed by atoms with Gasteiger partial charge in [-0.1, -0.05) is 35.9 Å². The molecule has 2 N–H and O–H groups in total. The zero-order chi connectivity index (χ0) is 20.8. The number of amides is 2. The van der Waals surface area contributed by atoms with Crippen LogP contribution in [0.25, 0.3) is 0 Å². The van der Waals surface area contributed by atoms with Crippen LogP contribution in [0.4, 0.5) is 4.79 Å². The highest BCUT2D eigenvalue weighted by Crippen LogP contribution is 2.39. The first-order valence-corrected chi connectivity index (χ1v) is 10.1. The molecular formula is C23H34N2O3. The third kappa shape index (κ3) is 7.75. The molecule has 1 aliphatic rings. The monoisotopic (exact) mass is 386 g/mol. The van der Waals surface area contributed by atoms with Gasteiger partial charge in [-0.2, -0.15) is 0 Å². The van der Waals surface area contributed by atoms with Crippen LogP contribution in [0.3, 0.4) is 0 Å². The number of nitrogens with one attached hydrogen (secondary N) is 2. The number of alkyl carbamates (subject to hydrolysis) is 1. The largest absolute Gasteiger partial charge is 0.444 e. The topological polar surface area (TPSA) is 67.4 Å². The van der Waals surface area contributed by atoms with Crippen LogP contribution in [0.15, 0.2) is 42.0 Å². The fraction of sp³-hybridized carbons (Fsp3) is 0.565. The zero-order valence-electron chi connectivity index (χ0n) is 17.8. The van der Waals surface area contributed by atoms with Gasteiger partial charge in [0.15, 0.2) is 0 Å². The van der Waals surface area contributed by atoms with Gasteiger partial charge in [0.05, 0.1) is 5.54 Å². The highest BCUT2D eigenvalue weighted by Gasteiger charge is 2.42. The molecule has 0 saturated heterocycles. The minimum atomic E-state index is -0.540. The predicted octanol–water partition coefficient (Wildman–Crippen LogP) is 4.38. The molecule has 0 aliphatic heterocycles. The van der Waals surface area contributed by atoms with Crippen molar-refractivity contribution in [3.8, 4) is 0 Å². The van der Waals surface area contributed by atoms with E-state index in [0.29, 0.717) is 12.5 Å². The van der Waals surface area contributed by atoms with Crippen LogP contribution in [0.5, 0.6) is 0 Å². The third-order valence-corrected chi connectivity index (χ3v) is 4.91. The van der Waals surface area contributed by atoms with Crippen LogP contribution in [-0.2, 0) is 16.0 Å². The zero-order valence-corrected chi connectivity index (χ0v) is 17.8. The van der Waals surface area contributed by atoms with Crippen molar-refractivity contribution in [2.75, 3.05) is 6.54 Å². The number of aryl methyl sites for hydroxylation is 1. The normalized spacial score (nSPS) is 16.8. The van der Waals surface area contributed by atoms with Crippen molar-refractivity contribution in [2.45, 2.75) is 71.4 Å². The standard InChI is InChI=1S/C23H34N2O3/c1-17(11-12-18-9-7-6-8-10-18)15-20(26)25-23(5,19-13-14-19)16-24-21(27)28-22(2,3)4/h6-10,15,19H,11-14,16H2,1-5H3,(H,24,27)(H,25,26). The summed E-state index contributed by atoms with van der Waals surface area (Å²) in [7, 11) is 0. The molecule has 0 aromatic heterocycles. The van der Waals surface area contributed by atoms with E-state index < -0.39 is 17.2 Å². The van der Waals surface area contributed by atoms with Gasteiger partial charge >= 0.3 is 6.09 Å². The third-order valence-electron chi connectivity index (χ3n) is 4.91. The number of hydrogen-bond acceptors (Lipinski definition) is 3. The van der Waals surface area contributed by atoms with E-state index in [2.05, 4.69) is 22.8 Å². The second-order valence-electron chi connectivity index (χ2n) is 9.01. The molecule has 1 aromatic carbocycles. The lowest BCUT2D eigenvalue weighted by Gasteiger charge is -2.31. The van der Waals surface area contributed by atoms with Crippen LogP contribution < -0.4 is 10.6 Å². The Kier molecular flexibility index (Phi) is 7.28. The van der Waals surface area contributed by atoms with E-state index in [1.165, 1.54) is 5.56 Å². The van der Waals surface area contributed by atoms with Gasteiger partial charge in [-0.25, -0.2) is 4.79 Å². The first-order chi connectivity index (χ1) is 13.1. The molecule has 5 nitrogen and oxygen atoms in total. The molecule has 2 rings (SSSR count). The van der Waals surface area contributed by atoms with E-state index in [-0.39, 0.29) is 5.91 Å². The van der Waals surface area contributed by atoms with Crippen LogP contribution in [-0.4, -0.2) is 29.7 Å². The molecule has 0 heterocycles. The quantitative estimate of drug-likeness (QED) is 0.652. The Morgan fingerprint density at radius 2 is 1.79 bits per heavy atom. The van der Waals surface area contributed by atoms with Crippen molar-refractivity contribution in [3.05, 3.63) is 47.5 Å². The van der Waals surface area contributed by atoms with E-state index in [1.54, 1.807) is 6.08 Å². The van der Waals surface area contributed by atoms with Gasteiger partial charge in [0.2, 0.25) is 5.91 Å². The fourth-order valence-corrected chi connectivity index (χ4v) is 3.18. The first kappa shape index (κ1) is 22.0. The molecule has 1 saturated carbocycles. The van der Waals surface area contributed by atoms with Gasteiger partial charge in [-0.15, -0.1) is 0 Å². The number of benzene rings is 1. The summed E-state index contributed by atoms with van der Waals surface area (Å²) in [6.45, 7) is 9.82. The van der Waals surface area contributed by atoms with E-state index in [0.717, 1.165) is 31.3 Å². The van der Waals surface area contributed by atoms with Crippen LogP contribution >= 0.6 is 0 Å². The van der Waals surface area contributed by atoms with Gasteiger partial charge in [0.25, 0.3) is 0 Å². The number of rotatable bonds is 8. The Bertz CT molecular complexity index is 702. The molecule has 0 spiro atoms. The van der Waals surface area contributed by atoms with Gasteiger partial charge in [-0.05, 0) is 71.8 Å². The van der Waals surface area contributed by atoms with Crippen molar-refractivity contribution >= 4 is 12.0 Å². The second kappa shape index (κ2) is 9.26. The Hall–Kier alpha value is -2.30. The predicted molar refractivity (Wildman–Crippen MR) is 112 cm³/mol. The summed E-state index contributed by atoms with van der Waals surface area (Å²) >= 11 is 0. The summed E-state index contributed by atoms with van der Waals surface area (Å²) in [4.78, 5) is 24.5. The lowest BCUT2D eigenvalue weighted by atomic mass is 9.95. The summed E-state index contributed by atoms with van der Waals surface area (Å²) in [5, 5.41) is 5.93. The van der Waals surface area contributed by atoms with Crippen molar-refractivity contribution in [1.29, 1.82) is 0 Å². The maximum Gasteiger partial charge on any atom is 0.407 e. The highest BCUT2D eigenvalue weighted by atomic mass is 16.6. The van der Waals surface area contributed by atoms with Gasteiger partial charge in [0.1, 0.15) is 5.60 Å². The van der Waals surface area contributed by atoms with Crippen molar-refractivity contribution in [3.63, 3.8) is 0 Å². The molecule has 1 fully saturated rings. The van der Waals surface area contributed by atoms with Crippen LogP contribution in [0.2, 0.25) is 0 Å². The van der Waals surface area contributed by atoms with Crippen LogP contribution in [0.1, 0.15) is 59.4 Å². The summed E-state index contributed by atoms with van der Waals surface area (Å²) in [6, 6.07) is 10.3. The molecule has 1 aromatic rings. The highest BCUT2D eigenvalue weighted by molar-refractivity contribution is 5.88. The number of allylic oxidation sites excluding steroid dienone is 1. The number of carbonyl (C=O) groups excluding carboxylic acids is 2. The smallest absolute Gasteiger partial charge is 0.407 e. The van der Waals surface area contributed by atoms with Crippen LogP contribution in [0, 0.1) is 5.92 Å². The maximum atomic E-state index is 12.6. The minimum Gasteiger partial charge on any atom is -0.444 e. The number of carbonyl (C=O) groups is 2. The molecule has 1 unspecified atom stereocenters. The van der Waals surface area contributed by atoms with Gasteiger partial charge in [0, 0.05) is 12.6 Å². The molecule has 1 atom stereocenters. The molecule has 154 valence electrons. The van der Waals surface area contributed by atoms with Crippen molar-refractivity contribution in [2.24, 2.45) is 5.92 Å². The maximum absolute atomic E-state index is 12.6. The summed E-state index contributed by atoms with van der Waals surface area (Å²) in [5.74, 6) is 0.273. The second-order valence-corrected chi connectivity index (χ2v) is 9.01. The minimum absolute atomic E-state index is 0.106. The molecule has 2 amide bonds. The fourth-order valence-electron chi connectivity index (χ4n) is 3.18. The van der Waals surface area contributed by atoms with Gasteiger partial charge < -0.3 is 15.4 Å². The van der Waals surface area contributed by atoms with E-state index in [1.807, 2.05) is 52.8 Å². The molecular weight excluding hydrogens is 352 g/mol. The average molecular weight is 387 g/mol. The Balaban J connectivity index is 1.87. The Morgan fingerprint density at radius 1 is 1.14 bits per heavy atom. The molecule has 0 radical (unpaired) electrons. The molecule has 28 heavy (non-hydrogen) atoms. The first-order valence-electron chi connectivity index (χ1n) is 10.1. The average Bonchev–Trinajstić information content (AvgIpc) is 3.43. The Morgan fingerprint density at radius 3 is 2.36 bits per heavy atom. The molecule has 0 bridgehead atoms. The lowest BCUT2D eigenvalue weighted by Crippen LogP contribution is -2.55. The summed E-state index contributed by atoms with van der Waals surface area (Å²) in [5.41, 5.74) is 1.30.